The van der Waals surface area contributed by atoms with Crippen molar-refractivity contribution in [2.75, 3.05) is 18.4 Å². The molecule has 1 aliphatic rings. The summed E-state index contributed by atoms with van der Waals surface area (Å²) in [5.74, 6) is 0.405. The molecule has 2 aromatic carbocycles. The number of hydrogen-bond donors (Lipinski definition) is 2. The maximum atomic E-state index is 11.1. The molecule has 0 unspecified atom stereocenters. The predicted octanol–water partition coefficient (Wildman–Crippen LogP) is 6.79. The molecule has 162 valence electrons. The van der Waals surface area contributed by atoms with Crippen LogP contribution in [0.15, 0.2) is 48.7 Å². The van der Waals surface area contributed by atoms with Crippen molar-refractivity contribution in [1.29, 1.82) is 0 Å². The summed E-state index contributed by atoms with van der Waals surface area (Å²) in [5.41, 5.74) is 5.13. The zero-order chi connectivity index (χ0) is 22.2. The van der Waals surface area contributed by atoms with Crippen LogP contribution in [0.5, 0.6) is 0 Å². The van der Waals surface area contributed by atoms with Crippen molar-refractivity contribution in [1.82, 2.24) is 9.88 Å². The molecule has 2 N–H and O–H groups in total. The van der Waals surface area contributed by atoms with Crippen LogP contribution in [0.25, 0.3) is 10.9 Å². The number of carboxylic acid groups (broad SMARTS) is 1. The Morgan fingerprint density at radius 1 is 1.10 bits per heavy atom. The third-order valence-electron chi connectivity index (χ3n) is 6.04. The Morgan fingerprint density at radius 2 is 1.77 bits per heavy atom. The number of piperidine rings is 1. The lowest BCUT2D eigenvalue weighted by atomic mass is 9.85. The van der Waals surface area contributed by atoms with E-state index < -0.39 is 6.09 Å². The number of fused-ring (bicyclic) bond motifs is 1. The second-order valence-electron chi connectivity index (χ2n) is 9.22. The fraction of sp³-hybridized carbons (Fsp3) is 0.360. The van der Waals surface area contributed by atoms with Crippen LogP contribution >= 0.6 is 11.6 Å². The SMILES string of the molecule is CC(C)(C)c1c(Cl)ccc2c(Nc3ccc(C4CCN(C(=O)O)CC4)cc3)ccnc12. The monoisotopic (exact) mass is 437 g/mol. The van der Waals surface area contributed by atoms with Crippen molar-refractivity contribution in [3.63, 3.8) is 0 Å². The van der Waals surface area contributed by atoms with E-state index in [1.807, 2.05) is 24.4 Å². The zero-order valence-corrected chi connectivity index (χ0v) is 18.9. The highest BCUT2D eigenvalue weighted by Gasteiger charge is 2.24. The van der Waals surface area contributed by atoms with Crippen LogP contribution in [-0.2, 0) is 5.41 Å². The first-order chi connectivity index (χ1) is 14.7. The largest absolute Gasteiger partial charge is 0.465 e. The number of amides is 1. The highest BCUT2D eigenvalue weighted by Crippen LogP contribution is 2.38. The minimum Gasteiger partial charge on any atom is -0.465 e. The maximum Gasteiger partial charge on any atom is 0.407 e. The van der Waals surface area contributed by atoms with Crippen molar-refractivity contribution in [3.05, 3.63) is 64.8 Å². The van der Waals surface area contributed by atoms with E-state index in [1.54, 1.807) is 0 Å². The van der Waals surface area contributed by atoms with Crippen LogP contribution < -0.4 is 5.32 Å². The van der Waals surface area contributed by atoms with Gasteiger partial charge in [0.1, 0.15) is 0 Å². The molecule has 1 aromatic heterocycles. The van der Waals surface area contributed by atoms with Gasteiger partial charge >= 0.3 is 6.09 Å². The van der Waals surface area contributed by atoms with E-state index in [1.165, 1.54) is 10.5 Å². The fourth-order valence-corrected chi connectivity index (χ4v) is 4.85. The van der Waals surface area contributed by atoms with E-state index in [4.69, 9.17) is 16.7 Å². The van der Waals surface area contributed by atoms with E-state index in [2.05, 4.69) is 55.3 Å². The molecule has 5 nitrogen and oxygen atoms in total. The third kappa shape index (κ3) is 4.47. The van der Waals surface area contributed by atoms with Gasteiger partial charge in [0, 0.05) is 46.6 Å². The van der Waals surface area contributed by atoms with E-state index >= 15 is 0 Å². The van der Waals surface area contributed by atoms with Crippen LogP contribution in [-0.4, -0.2) is 34.2 Å². The molecule has 0 aliphatic carbocycles. The van der Waals surface area contributed by atoms with Gasteiger partial charge in [-0.15, -0.1) is 0 Å². The normalized spacial score (nSPS) is 15.3. The van der Waals surface area contributed by atoms with Gasteiger partial charge in [0.05, 0.1) is 5.52 Å². The van der Waals surface area contributed by atoms with Gasteiger partial charge in [0.25, 0.3) is 0 Å². The molecule has 4 rings (SSSR count). The van der Waals surface area contributed by atoms with Gasteiger partial charge < -0.3 is 15.3 Å². The average molecular weight is 438 g/mol. The lowest BCUT2D eigenvalue weighted by molar-refractivity contribution is 0.132. The Bertz CT molecular complexity index is 1100. The molecule has 3 aromatic rings. The Morgan fingerprint density at radius 3 is 2.39 bits per heavy atom. The lowest BCUT2D eigenvalue weighted by Crippen LogP contribution is -2.36. The standard InChI is InChI=1S/C25H28ClN3O2/c1-25(2,3)22-20(26)9-8-19-21(10-13-27-23(19)22)28-18-6-4-16(5-7-18)17-11-14-29(15-12-17)24(30)31/h4-10,13,17H,11-12,14-15H2,1-3H3,(H,27,28)(H,30,31). The molecule has 6 heteroatoms. The number of halogens is 1. The van der Waals surface area contributed by atoms with Crippen LogP contribution in [0.4, 0.5) is 16.2 Å². The van der Waals surface area contributed by atoms with Gasteiger partial charge in [0.2, 0.25) is 0 Å². The minimum atomic E-state index is -0.821. The molecule has 1 aliphatic heterocycles. The fourth-order valence-electron chi connectivity index (χ4n) is 4.41. The van der Waals surface area contributed by atoms with Gasteiger partial charge in [-0.1, -0.05) is 44.5 Å². The van der Waals surface area contributed by atoms with Crippen molar-refractivity contribution < 1.29 is 9.90 Å². The number of aromatic nitrogens is 1. The number of rotatable bonds is 3. The van der Waals surface area contributed by atoms with Crippen LogP contribution in [0.1, 0.15) is 50.7 Å². The molecule has 31 heavy (non-hydrogen) atoms. The summed E-state index contributed by atoms with van der Waals surface area (Å²) < 4.78 is 0. The van der Waals surface area contributed by atoms with Crippen molar-refractivity contribution in [2.45, 2.75) is 44.9 Å². The lowest BCUT2D eigenvalue weighted by Gasteiger charge is -2.30. The van der Waals surface area contributed by atoms with Gasteiger partial charge in [-0.2, -0.15) is 0 Å². The Kier molecular flexibility index (Phi) is 5.80. The average Bonchev–Trinajstić information content (AvgIpc) is 2.73. The Hall–Kier alpha value is -2.79. The van der Waals surface area contributed by atoms with Gasteiger partial charge in [-0.25, -0.2) is 4.79 Å². The smallest absolute Gasteiger partial charge is 0.407 e. The van der Waals surface area contributed by atoms with Crippen LogP contribution in [0.3, 0.4) is 0 Å². The first-order valence-electron chi connectivity index (χ1n) is 10.7. The Labute approximate surface area is 188 Å². The maximum absolute atomic E-state index is 11.1. The number of nitrogens with zero attached hydrogens (tertiary/aromatic N) is 2. The number of hydrogen-bond acceptors (Lipinski definition) is 3. The number of carbonyl (C=O) groups is 1. The van der Waals surface area contributed by atoms with E-state index in [-0.39, 0.29) is 5.41 Å². The summed E-state index contributed by atoms with van der Waals surface area (Å²) in [6.07, 6.45) is 2.73. The van der Waals surface area contributed by atoms with Gasteiger partial charge in [0.15, 0.2) is 0 Å². The Balaban J connectivity index is 1.56. The molecule has 1 fully saturated rings. The summed E-state index contributed by atoms with van der Waals surface area (Å²) in [6.45, 7) is 7.64. The number of benzene rings is 2. The summed E-state index contributed by atoms with van der Waals surface area (Å²) in [6, 6.07) is 14.4. The molecule has 0 atom stereocenters. The molecule has 0 spiro atoms. The van der Waals surface area contributed by atoms with Gasteiger partial charge in [-0.3, -0.25) is 4.98 Å². The molecular weight excluding hydrogens is 410 g/mol. The molecule has 1 amide bonds. The van der Waals surface area contributed by atoms with E-state index in [0.29, 0.717) is 19.0 Å². The van der Waals surface area contributed by atoms with E-state index in [9.17, 15) is 4.79 Å². The summed E-state index contributed by atoms with van der Waals surface area (Å²) in [4.78, 5) is 17.2. The summed E-state index contributed by atoms with van der Waals surface area (Å²) in [5, 5.41) is 14.4. The highest BCUT2D eigenvalue weighted by molar-refractivity contribution is 6.32. The summed E-state index contributed by atoms with van der Waals surface area (Å²) >= 11 is 6.52. The van der Waals surface area contributed by atoms with Gasteiger partial charge in [-0.05, 0) is 60.1 Å². The highest BCUT2D eigenvalue weighted by atomic mass is 35.5. The topological polar surface area (TPSA) is 65.5 Å². The molecule has 0 radical (unpaired) electrons. The third-order valence-corrected chi connectivity index (χ3v) is 6.35. The molecule has 0 bridgehead atoms. The first-order valence-corrected chi connectivity index (χ1v) is 11.0. The molecule has 1 saturated heterocycles. The van der Waals surface area contributed by atoms with Crippen molar-refractivity contribution >= 4 is 40.0 Å². The number of likely N-dealkylation sites (tertiary alicyclic amines) is 1. The molecule has 0 saturated carbocycles. The summed E-state index contributed by atoms with van der Waals surface area (Å²) in [7, 11) is 0. The van der Waals surface area contributed by atoms with Crippen molar-refractivity contribution in [2.24, 2.45) is 0 Å². The molecular formula is C25H28ClN3O2. The predicted molar refractivity (Wildman–Crippen MR) is 127 cm³/mol. The molecule has 2 heterocycles. The number of anilines is 2. The first kappa shape index (κ1) is 21.4. The quantitative estimate of drug-likeness (QED) is 0.473. The minimum absolute atomic E-state index is 0.111. The van der Waals surface area contributed by atoms with Crippen LogP contribution in [0.2, 0.25) is 5.02 Å². The zero-order valence-electron chi connectivity index (χ0n) is 18.2. The van der Waals surface area contributed by atoms with E-state index in [0.717, 1.165) is 45.7 Å². The van der Waals surface area contributed by atoms with Crippen molar-refractivity contribution in [3.8, 4) is 0 Å². The number of pyridine rings is 1. The second kappa shape index (κ2) is 8.39. The van der Waals surface area contributed by atoms with Crippen LogP contribution in [0, 0.1) is 0 Å². The second-order valence-corrected chi connectivity index (χ2v) is 9.63. The number of nitrogens with one attached hydrogen (secondary N) is 1.